The molecule has 0 aliphatic carbocycles. The highest BCUT2D eigenvalue weighted by Crippen LogP contribution is 2.35. The quantitative estimate of drug-likeness (QED) is 0.945. The van der Waals surface area contributed by atoms with Crippen LogP contribution in [-0.4, -0.2) is 26.3 Å². The summed E-state index contributed by atoms with van der Waals surface area (Å²) in [6.45, 7) is 8.65. The van der Waals surface area contributed by atoms with E-state index in [2.05, 4.69) is 36.0 Å². The first-order valence-electron chi connectivity index (χ1n) is 7.07. The van der Waals surface area contributed by atoms with Gasteiger partial charge in [0.2, 0.25) is 0 Å². The molecule has 3 rings (SSSR count). The van der Waals surface area contributed by atoms with E-state index in [9.17, 15) is 5.11 Å². The molecule has 1 unspecified atom stereocenters. The van der Waals surface area contributed by atoms with Crippen LogP contribution in [0.2, 0.25) is 0 Å². The van der Waals surface area contributed by atoms with Crippen molar-refractivity contribution in [3.63, 3.8) is 0 Å². The van der Waals surface area contributed by atoms with E-state index >= 15 is 0 Å². The maximum absolute atomic E-state index is 11.0. The Morgan fingerprint density at radius 3 is 2.80 bits per heavy atom. The summed E-state index contributed by atoms with van der Waals surface area (Å²) in [7, 11) is 0. The second-order valence-corrected chi connectivity index (χ2v) is 6.96. The monoisotopic (exact) mass is 291 g/mol. The lowest BCUT2D eigenvalue weighted by Crippen LogP contribution is -2.47. The van der Waals surface area contributed by atoms with Gasteiger partial charge in [-0.05, 0) is 31.0 Å². The van der Waals surface area contributed by atoms with E-state index < -0.39 is 5.72 Å². The Balaban J connectivity index is 1.84. The lowest BCUT2D eigenvalue weighted by atomic mass is 10.1. The van der Waals surface area contributed by atoms with Crippen LogP contribution in [0.3, 0.4) is 0 Å². The summed E-state index contributed by atoms with van der Waals surface area (Å²) in [4.78, 5) is 4.47. The standard InChI is InChI=1S/C15H21N3OS/c1-11(2)13-4-5-14(20-13)15(3,19)17-8-9-18-12(10-17)6-7-16-18/h4-7,11,19H,8-10H2,1-3H3. The van der Waals surface area contributed by atoms with Gasteiger partial charge in [0, 0.05) is 24.2 Å². The van der Waals surface area contributed by atoms with Gasteiger partial charge in [0.05, 0.1) is 17.1 Å². The summed E-state index contributed by atoms with van der Waals surface area (Å²) in [6.07, 6.45) is 1.83. The second-order valence-electron chi connectivity index (χ2n) is 5.84. The fourth-order valence-corrected chi connectivity index (χ4v) is 3.72. The van der Waals surface area contributed by atoms with Gasteiger partial charge in [-0.15, -0.1) is 11.3 Å². The SMILES string of the molecule is CC(C)c1ccc(C(C)(O)N2CCn3nccc3C2)s1. The fraction of sp³-hybridized carbons (Fsp3) is 0.533. The maximum Gasteiger partial charge on any atom is 0.151 e. The minimum Gasteiger partial charge on any atom is -0.371 e. The topological polar surface area (TPSA) is 41.3 Å². The molecule has 3 heterocycles. The number of rotatable bonds is 3. The molecule has 0 bridgehead atoms. The highest BCUT2D eigenvalue weighted by atomic mass is 32.1. The molecule has 2 aromatic heterocycles. The van der Waals surface area contributed by atoms with Crippen LogP contribution in [0.4, 0.5) is 0 Å². The van der Waals surface area contributed by atoms with Crippen LogP contribution in [-0.2, 0) is 18.8 Å². The van der Waals surface area contributed by atoms with Crippen molar-refractivity contribution in [3.05, 3.63) is 39.8 Å². The van der Waals surface area contributed by atoms with E-state index in [1.165, 1.54) is 4.88 Å². The largest absolute Gasteiger partial charge is 0.371 e. The summed E-state index contributed by atoms with van der Waals surface area (Å²) in [6, 6.07) is 6.22. The van der Waals surface area contributed by atoms with Crippen molar-refractivity contribution < 1.29 is 5.11 Å². The Kier molecular flexibility index (Phi) is 3.44. The third-order valence-electron chi connectivity index (χ3n) is 4.02. The van der Waals surface area contributed by atoms with Gasteiger partial charge in [-0.2, -0.15) is 5.10 Å². The van der Waals surface area contributed by atoms with Crippen molar-refractivity contribution in [2.45, 2.75) is 45.5 Å². The Labute approximate surface area is 123 Å². The molecule has 0 saturated heterocycles. The molecule has 0 fully saturated rings. The van der Waals surface area contributed by atoms with Crippen LogP contribution < -0.4 is 0 Å². The molecule has 0 amide bonds. The minimum absolute atomic E-state index is 0.507. The molecular formula is C15H21N3OS. The molecule has 1 atom stereocenters. The fourth-order valence-electron chi connectivity index (χ4n) is 2.63. The number of hydrogen-bond donors (Lipinski definition) is 1. The van der Waals surface area contributed by atoms with Crippen molar-refractivity contribution >= 4 is 11.3 Å². The predicted molar refractivity (Wildman–Crippen MR) is 80.6 cm³/mol. The Morgan fingerprint density at radius 2 is 2.10 bits per heavy atom. The summed E-state index contributed by atoms with van der Waals surface area (Å²) in [5.41, 5.74) is 0.255. The predicted octanol–water partition coefficient (Wildman–Crippen LogP) is 2.75. The van der Waals surface area contributed by atoms with Gasteiger partial charge < -0.3 is 5.11 Å². The number of thiophene rings is 1. The third-order valence-corrected chi connectivity index (χ3v) is 5.60. The first kappa shape index (κ1) is 13.8. The molecule has 0 saturated carbocycles. The van der Waals surface area contributed by atoms with Gasteiger partial charge in [0.15, 0.2) is 5.72 Å². The van der Waals surface area contributed by atoms with E-state index in [1.807, 2.05) is 23.9 Å². The van der Waals surface area contributed by atoms with E-state index in [0.29, 0.717) is 5.92 Å². The summed E-state index contributed by atoms with van der Waals surface area (Å²) >= 11 is 1.71. The van der Waals surface area contributed by atoms with Crippen molar-refractivity contribution in [3.8, 4) is 0 Å². The van der Waals surface area contributed by atoms with Crippen LogP contribution in [0.5, 0.6) is 0 Å². The zero-order chi connectivity index (χ0) is 14.3. The van der Waals surface area contributed by atoms with E-state index in [4.69, 9.17) is 0 Å². The molecule has 0 spiro atoms. The van der Waals surface area contributed by atoms with Gasteiger partial charge in [-0.3, -0.25) is 9.58 Å². The molecule has 5 heteroatoms. The van der Waals surface area contributed by atoms with E-state index in [1.54, 1.807) is 11.3 Å². The molecule has 20 heavy (non-hydrogen) atoms. The van der Waals surface area contributed by atoms with Gasteiger partial charge in [-0.1, -0.05) is 13.8 Å². The maximum atomic E-state index is 11.0. The number of fused-ring (bicyclic) bond motifs is 1. The minimum atomic E-state index is -0.909. The van der Waals surface area contributed by atoms with Crippen LogP contribution >= 0.6 is 11.3 Å². The number of aromatic nitrogens is 2. The second kappa shape index (κ2) is 4.98. The first-order valence-corrected chi connectivity index (χ1v) is 7.88. The van der Waals surface area contributed by atoms with Crippen molar-refractivity contribution in [2.24, 2.45) is 0 Å². The Hall–Kier alpha value is -1.17. The molecule has 4 nitrogen and oxygen atoms in total. The molecule has 2 aromatic rings. The first-order chi connectivity index (χ1) is 9.48. The molecular weight excluding hydrogens is 270 g/mol. The normalized spacial score (nSPS) is 19.1. The van der Waals surface area contributed by atoms with Crippen LogP contribution in [0.1, 0.15) is 42.1 Å². The zero-order valence-corrected chi connectivity index (χ0v) is 13.0. The number of nitrogens with zero attached hydrogens (tertiary/aromatic N) is 3. The third kappa shape index (κ3) is 2.30. The van der Waals surface area contributed by atoms with E-state index in [0.717, 1.165) is 30.2 Å². The van der Waals surface area contributed by atoms with Crippen molar-refractivity contribution in [1.29, 1.82) is 0 Å². The molecule has 1 aliphatic heterocycles. The zero-order valence-electron chi connectivity index (χ0n) is 12.2. The van der Waals surface area contributed by atoms with Crippen LogP contribution in [0.25, 0.3) is 0 Å². The van der Waals surface area contributed by atoms with Crippen LogP contribution in [0, 0.1) is 0 Å². The molecule has 0 aromatic carbocycles. The average molecular weight is 291 g/mol. The molecule has 108 valence electrons. The number of aliphatic hydroxyl groups is 1. The van der Waals surface area contributed by atoms with Gasteiger partial charge in [0.25, 0.3) is 0 Å². The highest BCUT2D eigenvalue weighted by Gasteiger charge is 2.35. The Bertz CT molecular complexity index is 600. The van der Waals surface area contributed by atoms with Crippen molar-refractivity contribution in [1.82, 2.24) is 14.7 Å². The highest BCUT2D eigenvalue weighted by molar-refractivity contribution is 7.12. The smallest absolute Gasteiger partial charge is 0.151 e. The lowest BCUT2D eigenvalue weighted by molar-refractivity contribution is -0.111. The number of hydrogen-bond acceptors (Lipinski definition) is 4. The lowest BCUT2D eigenvalue weighted by Gasteiger charge is -2.38. The molecule has 0 radical (unpaired) electrons. The van der Waals surface area contributed by atoms with Gasteiger partial charge in [0.1, 0.15) is 0 Å². The van der Waals surface area contributed by atoms with Crippen molar-refractivity contribution in [2.75, 3.05) is 6.54 Å². The van der Waals surface area contributed by atoms with Gasteiger partial charge in [-0.25, -0.2) is 0 Å². The van der Waals surface area contributed by atoms with E-state index in [-0.39, 0.29) is 0 Å². The molecule has 1 aliphatic rings. The average Bonchev–Trinajstić information content (AvgIpc) is 3.07. The summed E-state index contributed by atoms with van der Waals surface area (Å²) in [5.74, 6) is 0.507. The van der Waals surface area contributed by atoms with Gasteiger partial charge >= 0.3 is 0 Å². The summed E-state index contributed by atoms with van der Waals surface area (Å²) < 4.78 is 2.01. The van der Waals surface area contributed by atoms with Crippen LogP contribution in [0.15, 0.2) is 24.4 Å². The summed E-state index contributed by atoms with van der Waals surface area (Å²) in [5, 5.41) is 15.3. The molecule has 1 N–H and O–H groups in total. The Morgan fingerprint density at radius 1 is 1.30 bits per heavy atom.